The third-order valence-corrected chi connectivity index (χ3v) is 3.52. The Labute approximate surface area is 133 Å². The van der Waals surface area contributed by atoms with Crippen LogP contribution in [0, 0.1) is 12.7 Å². The molecule has 0 saturated carbocycles. The van der Waals surface area contributed by atoms with Gasteiger partial charge in [0.2, 0.25) is 0 Å². The van der Waals surface area contributed by atoms with Crippen LogP contribution in [0.1, 0.15) is 17.2 Å². The van der Waals surface area contributed by atoms with Crippen LogP contribution < -0.4 is 4.74 Å². The predicted octanol–water partition coefficient (Wildman–Crippen LogP) is 2.83. The van der Waals surface area contributed by atoms with Crippen molar-refractivity contribution in [3.05, 3.63) is 72.1 Å². The quantitative estimate of drug-likeness (QED) is 0.787. The molecule has 0 aliphatic carbocycles. The van der Waals surface area contributed by atoms with Crippen LogP contribution in [0.15, 0.2) is 55.1 Å². The van der Waals surface area contributed by atoms with Crippen molar-refractivity contribution in [1.82, 2.24) is 14.8 Å². The number of aromatic nitrogens is 3. The van der Waals surface area contributed by atoms with Gasteiger partial charge < -0.3 is 9.84 Å². The van der Waals surface area contributed by atoms with Crippen LogP contribution >= 0.6 is 0 Å². The molecule has 0 radical (unpaired) electrons. The summed E-state index contributed by atoms with van der Waals surface area (Å²) in [6.07, 6.45) is 2.26. The summed E-state index contributed by atoms with van der Waals surface area (Å²) in [5.74, 6) is 0.316. The van der Waals surface area contributed by atoms with Crippen molar-refractivity contribution >= 4 is 0 Å². The van der Waals surface area contributed by atoms with Crippen molar-refractivity contribution in [3.8, 4) is 11.4 Å². The molecule has 0 saturated heterocycles. The molecule has 5 nitrogen and oxygen atoms in total. The van der Waals surface area contributed by atoms with Crippen LogP contribution in [0.5, 0.6) is 5.75 Å². The number of rotatable bonds is 5. The zero-order chi connectivity index (χ0) is 16.2. The third kappa shape index (κ3) is 3.54. The fourth-order valence-electron chi connectivity index (χ4n) is 2.31. The summed E-state index contributed by atoms with van der Waals surface area (Å²) in [6, 6.07) is 11.6. The van der Waals surface area contributed by atoms with Crippen LogP contribution in [0.2, 0.25) is 0 Å². The highest BCUT2D eigenvalue weighted by Gasteiger charge is 2.12. The molecule has 0 aliphatic rings. The number of nitrogens with zero attached hydrogens (tertiary/aromatic N) is 3. The van der Waals surface area contributed by atoms with Crippen LogP contribution in [-0.4, -0.2) is 26.5 Å². The SMILES string of the molecule is Cc1cc(F)ccc1C(O)COc1ccc(-n2cncn2)cc1. The van der Waals surface area contributed by atoms with Gasteiger partial charge in [0.15, 0.2) is 0 Å². The van der Waals surface area contributed by atoms with Gasteiger partial charge in [-0.1, -0.05) is 6.07 Å². The molecular formula is C17H16FN3O2. The van der Waals surface area contributed by atoms with E-state index in [1.807, 2.05) is 12.1 Å². The number of halogens is 1. The van der Waals surface area contributed by atoms with E-state index in [1.165, 1.54) is 18.5 Å². The number of hydrogen-bond donors (Lipinski definition) is 1. The number of benzene rings is 2. The molecule has 3 rings (SSSR count). The Kier molecular flexibility index (Phi) is 4.34. The number of aryl methyl sites for hydroxylation is 1. The molecule has 118 valence electrons. The number of aliphatic hydroxyl groups is 1. The molecule has 0 aliphatic heterocycles. The number of hydrogen-bond acceptors (Lipinski definition) is 4. The van der Waals surface area contributed by atoms with Gasteiger partial charge in [-0.2, -0.15) is 5.10 Å². The molecule has 3 aromatic rings. The molecule has 0 amide bonds. The zero-order valence-corrected chi connectivity index (χ0v) is 12.6. The van der Waals surface area contributed by atoms with Gasteiger partial charge in [0, 0.05) is 0 Å². The Hall–Kier alpha value is -2.73. The lowest BCUT2D eigenvalue weighted by atomic mass is 10.0. The first kappa shape index (κ1) is 15.2. The van der Waals surface area contributed by atoms with Crippen molar-refractivity contribution in [1.29, 1.82) is 0 Å². The van der Waals surface area contributed by atoms with Gasteiger partial charge in [0.1, 0.15) is 36.9 Å². The van der Waals surface area contributed by atoms with E-state index in [1.54, 1.807) is 36.1 Å². The van der Waals surface area contributed by atoms with E-state index in [4.69, 9.17) is 4.74 Å². The highest BCUT2D eigenvalue weighted by Crippen LogP contribution is 2.21. The summed E-state index contributed by atoms with van der Waals surface area (Å²) in [7, 11) is 0. The lowest BCUT2D eigenvalue weighted by molar-refractivity contribution is 0.107. The first-order chi connectivity index (χ1) is 11.1. The topological polar surface area (TPSA) is 60.2 Å². The highest BCUT2D eigenvalue weighted by molar-refractivity contribution is 5.36. The fraction of sp³-hybridized carbons (Fsp3) is 0.176. The second-order valence-electron chi connectivity index (χ2n) is 5.16. The fourth-order valence-corrected chi connectivity index (χ4v) is 2.31. The molecule has 1 atom stereocenters. The van der Waals surface area contributed by atoms with E-state index < -0.39 is 6.10 Å². The van der Waals surface area contributed by atoms with E-state index in [0.717, 1.165) is 5.69 Å². The van der Waals surface area contributed by atoms with Gasteiger partial charge in [-0.3, -0.25) is 0 Å². The average Bonchev–Trinajstić information content (AvgIpc) is 3.07. The molecule has 1 aromatic heterocycles. The molecule has 23 heavy (non-hydrogen) atoms. The maximum absolute atomic E-state index is 13.1. The summed E-state index contributed by atoms with van der Waals surface area (Å²) in [5, 5.41) is 14.2. The second-order valence-corrected chi connectivity index (χ2v) is 5.16. The van der Waals surface area contributed by atoms with Gasteiger partial charge in [0.05, 0.1) is 5.69 Å². The van der Waals surface area contributed by atoms with E-state index in [9.17, 15) is 9.50 Å². The van der Waals surface area contributed by atoms with Crippen molar-refractivity contribution in [2.24, 2.45) is 0 Å². The minimum atomic E-state index is -0.814. The Balaban J connectivity index is 1.63. The van der Waals surface area contributed by atoms with Crippen LogP contribution in [0.4, 0.5) is 4.39 Å². The third-order valence-electron chi connectivity index (χ3n) is 3.52. The van der Waals surface area contributed by atoms with Crippen molar-refractivity contribution in [2.75, 3.05) is 6.61 Å². The highest BCUT2D eigenvalue weighted by atomic mass is 19.1. The van der Waals surface area contributed by atoms with E-state index >= 15 is 0 Å². The summed E-state index contributed by atoms with van der Waals surface area (Å²) in [4.78, 5) is 3.89. The Morgan fingerprint density at radius 1 is 1.22 bits per heavy atom. The molecule has 2 aromatic carbocycles. The molecule has 0 bridgehead atoms. The Morgan fingerprint density at radius 3 is 2.65 bits per heavy atom. The minimum absolute atomic E-state index is 0.0924. The molecule has 1 unspecified atom stereocenters. The van der Waals surface area contributed by atoms with Crippen molar-refractivity contribution in [2.45, 2.75) is 13.0 Å². The summed E-state index contributed by atoms with van der Waals surface area (Å²) < 4.78 is 20.3. The van der Waals surface area contributed by atoms with Crippen LogP contribution in [-0.2, 0) is 0 Å². The van der Waals surface area contributed by atoms with Crippen LogP contribution in [0.3, 0.4) is 0 Å². The smallest absolute Gasteiger partial charge is 0.138 e. The standard InChI is InChI=1S/C17H16FN3O2/c1-12-8-13(18)2-7-16(12)17(22)9-23-15-5-3-14(4-6-15)21-11-19-10-20-21/h2-8,10-11,17,22H,9H2,1H3. The Bertz CT molecular complexity index is 773. The molecule has 6 heteroatoms. The summed E-state index contributed by atoms with van der Waals surface area (Å²) in [5.41, 5.74) is 2.22. The van der Waals surface area contributed by atoms with Crippen molar-refractivity contribution < 1.29 is 14.2 Å². The van der Waals surface area contributed by atoms with Gasteiger partial charge >= 0.3 is 0 Å². The monoisotopic (exact) mass is 313 g/mol. The maximum Gasteiger partial charge on any atom is 0.138 e. The Morgan fingerprint density at radius 2 is 2.00 bits per heavy atom. The number of aliphatic hydroxyl groups excluding tert-OH is 1. The molecule has 0 fully saturated rings. The van der Waals surface area contributed by atoms with E-state index in [-0.39, 0.29) is 12.4 Å². The zero-order valence-electron chi connectivity index (χ0n) is 12.6. The maximum atomic E-state index is 13.1. The first-order valence-electron chi connectivity index (χ1n) is 7.15. The molecule has 0 spiro atoms. The van der Waals surface area contributed by atoms with Gasteiger partial charge in [-0.25, -0.2) is 14.1 Å². The van der Waals surface area contributed by atoms with Gasteiger partial charge in [-0.05, 0) is 54.4 Å². The van der Waals surface area contributed by atoms with E-state index in [2.05, 4.69) is 10.1 Å². The van der Waals surface area contributed by atoms with E-state index in [0.29, 0.717) is 16.9 Å². The largest absolute Gasteiger partial charge is 0.491 e. The lowest BCUT2D eigenvalue weighted by Crippen LogP contribution is -2.11. The summed E-state index contributed by atoms with van der Waals surface area (Å²) >= 11 is 0. The van der Waals surface area contributed by atoms with Gasteiger partial charge in [-0.15, -0.1) is 0 Å². The molecular weight excluding hydrogens is 297 g/mol. The predicted molar refractivity (Wildman–Crippen MR) is 83.0 cm³/mol. The lowest BCUT2D eigenvalue weighted by Gasteiger charge is -2.15. The molecule has 1 N–H and O–H groups in total. The minimum Gasteiger partial charge on any atom is -0.491 e. The normalized spacial score (nSPS) is 12.1. The summed E-state index contributed by atoms with van der Waals surface area (Å²) in [6.45, 7) is 1.85. The average molecular weight is 313 g/mol. The van der Waals surface area contributed by atoms with Gasteiger partial charge in [0.25, 0.3) is 0 Å². The van der Waals surface area contributed by atoms with Crippen LogP contribution in [0.25, 0.3) is 5.69 Å². The first-order valence-corrected chi connectivity index (χ1v) is 7.15. The van der Waals surface area contributed by atoms with Crippen molar-refractivity contribution in [3.63, 3.8) is 0 Å². The number of ether oxygens (including phenoxy) is 1. The molecule has 1 heterocycles. The second kappa shape index (κ2) is 6.58.